The molecule has 3 N–H and O–H groups in total. The largest absolute Gasteiger partial charge is 0.338 e. The first-order valence-electron chi connectivity index (χ1n) is 9.05. The third-order valence-electron chi connectivity index (χ3n) is 6.05. The van der Waals surface area contributed by atoms with Gasteiger partial charge in [0.25, 0.3) is 0 Å². The zero-order valence-corrected chi connectivity index (χ0v) is 15.1. The normalized spacial score (nSPS) is 30.4. The molecule has 2 bridgehead atoms. The number of halogens is 1. The number of anilines is 1. The predicted molar refractivity (Wildman–Crippen MR) is 99.3 cm³/mol. The van der Waals surface area contributed by atoms with Crippen molar-refractivity contribution in [1.82, 2.24) is 4.90 Å². The summed E-state index contributed by atoms with van der Waals surface area (Å²) < 4.78 is 0. The summed E-state index contributed by atoms with van der Waals surface area (Å²) in [5.74, 6) is 1.26. The van der Waals surface area contributed by atoms with Crippen LogP contribution in [0.4, 0.5) is 5.69 Å². The van der Waals surface area contributed by atoms with Crippen molar-refractivity contribution in [2.24, 2.45) is 23.5 Å². The number of amides is 2. The van der Waals surface area contributed by atoms with E-state index in [2.05, 4.69) is 5.32 Å². The van der Waals surface area contributed by atoms with Gasteiger partial charge < -0.3 is 16.0 Å². The summed E-state index contributed by atoms with van der Waals surface area (Å²) in [6.07, 6.45) is 5.05. The number of carbonyl (C=O) groups is 2. The van der Waals surface area contributed by atoms with E-state index in [4.69, 9.17) is 5.73 Å². The minimum atomic E-state index is -0.0364. The zero-order chi connectivity index (χ0) is 16.7. The number of likely N-dealkylation sites (tertiary alicyclic amines) is 1. The molecule has 0 spiro atoms. The van der Waals surface area contributed by atoms with Crippen molar-refractivity contribution in [2.45, 2.75) is 44.7 Å². The van der Waals surface area contributed by atoms with Gasteiger partial charge in [0.1, 0.15) is 0 Å². The Labute approximate surface area is 154 Å². The maximum absolute atomic E-state index is 12.6. The molecule has 2 aliphatic carbocycles. The summed E-state index contributed by atoms with van der Waals surface area (Å²) in [6, 6.07) is 7.84. The van der Waals surface area contributed by atoms with Crippen LogP contribution >= 0.6 is 12.4 Å². The second-order valence-corrected chi connectivity index (χ2v) is 7.54. The Morgan fingerprint density at radius 3 is 2.52 bits per heavy atom. The smallest absolute Gasteiger partial charge is 0.229 e. The molecule has 1 heterocycles. The maximum Gasteiger partial charge on any atom is 0.229 e. The fourth-order valence-electron chi connectivity index (χ4n) is 4.74. The van der Waals surface area contributed by atoms with Crippen LogP contribution in [0.1, 0.15) is 37.7 Å². The number of hydrogen-bond acceptors (Lipinski definition) is 3. The van der Waals surface area contributed by atoms with Gasteiger partial charge in [0.2, 0.25) is 11.8 Å². The molecule has 25 heavy (non-hydrogen) atoms. The number of hydrogen-bond donors (Lipinski definition) is 2. The third kappa shape index (κ3) is 3.53. The highest BCUT2D eigenvalue weighted by atomic mass is 35.5. The Balaban J connectivity index is 0.00000182. The summed E-state index contributed by atoms with van der Waals surface area (Å²) in [4.78, 5) is 26.2. The van der Waals surface area contributed by atoms with Crippen LogP contribution in [0.2, 0.25) is 0 Å². The molecule has 2 amide bonds. The number of rotatable bonds is 4. The second-order valence-electron chi connectivity index (χ2n) is 7.54. The van der Waals surface area contributed by atoms with Gasteiger partial charge in [-0.1, -0.05) is 12.1 Å². The minimum absolute atomic E-state index is 0. The quantitative estimate of drug-likeness (QED) is 0.863. The molecular weight excluding hydrogens is 338 g/mol. The molecule has 4 atom stereocenters. The van der Waals surface area contributed by atoms with Gasteiger partial charge in [-0.05, 0) is 55.2 Å². The van der Waals surface area contributed by atoms with Crippen LogP contribution in [0.15, 0.2) is 24.3 Å². The molecule has 3 aliphatic rings. The van der Waals surface area contributed by atoms with Crippen LogP contribution in [-0.2, 0) is 16.1 Å². The van der Waals surface area contributed by atoms with Gasteiger partial charge in [0.05, 0.1) is 5.92 Å². The van der Waals surface area contributed by atoms with Crippen molar-refractivity contribution in [3.05, 3.63) is 29.8 Å². The van der Waals surface area contributed by atoms with Gasteiger partial charge in [-0.15, -0.1) is 12.4 Å². The zero-order valence-electron chi connectivity index (χ0n) is 14.3. The van der Waals surface area contributed by atoms with Crippen molar-refractivity contribution < 1.29 is 9.59 Å². The van der Waals surface area contributed by atoms with Gasteiger partial charge in [0, 0.05) is 31.2 Å². The monoisotopic (exact) mass is 363 g/mol. The lowest BCUT2D eigenvalue weighted by Gasteiger charge is -2.27. The third-order valence-corrected chi connectivity index (χ3v) is 6.05. The Bertz CT molecular complexity index is 647. The van der Waals surface area contributed by atoms with Crippen molar-refractivity contribution in [3.63, 3.8) is 0 Å². The molecule has 0 radical (unpaired) electrons. The Kier molecular flexibility index (Phi) is 5.35. The molecule has 4 unspecified atom stereocenters. The molecule has 136 valence electrons. The first-order valence-corrected chi connectivity index (χ1v) is 9.05. The standard InChI is InChI=1S/C19H25N3O2.ClH/c20-18-14-6-5-13(10-14)17(18)19(24)21-15-7-3-12(4-8-15)11-22-9-1-2-16(22)23;/h3-4,7-8,13-14,17-18H,1-2,5-6,9-11,20H2,(H,21,24);1H. The molecule has 0 aromatic heterocycles. The molecule has 1 aliphatic heterocycles. The maximum atomic E-state index is 12.6. The van der Waals surface area contributed by atoms with Crippen LogP contribution in [-0.4, -0.2) is 29.3 Å². The molecule has 3 fully saturated rings. The van der Waals surface area contributed by atoms with E-state index >= 15 is 0 Å². The summed E-state index contributed by atoms with van der Waals surface area (Å²) >= 11 is 0. The van der Waals surface area contributed by atoms with Crippen molar-refractivity contribution in [1.29, 1.82) is 0 Å². The van der Waals surface area contributed by atoms with Crippen molar-refractivity contribution in [2.75, 3.05) is 11.9 Å². The first kappa shape index (κ1) is 18.2. The summed E-state index contributed by atoms with van der Waals surface area (Å²) in [5.41, 5.74) is 8.16. The van der Waals surface area contributed by atoms with E-state index in [1.54, 1.807) is 0 Å². The average Bonchev–Trinajstić information content (AvgIpc) is 3.26. The Hall–Kier alpha value is -1.59. The predicted octanol–water partition coefficient (Wildman–Crippen LogP) is 2.54. The Morgan fingerprint density at radius 2 is 1.92 bits per heavy atom. The summed E-state index contributed by atoms with van der Waals surface area (Å²) in [6.45, 7) is 1.50. The fraction of sp³-hybridized carbons (Fsp3) is 0.579. The Morgan fingerprint density at radius 1 is 1.20 bits per heavy atom. The lowest BCUT2D eigenvalue weighted by Crippen LogP contribution is -2.42. The van der Waals surface area contributed by atoms with E-state index in [-0.39, 0.29) is 36.2 Å². The number of carbonyl (C=O) groups excluding carboxylic acids is 2. The molecular formula is C19H26ClN3O2. The molecule has 1 saturated heterocycles. The van der Waals surface area contributed by atoms with E-state index in [1.165, 1.54) is 6.42 Å². The van der Waals surface area contributed by atoms with Gasteiger partial charge in [-0.2, -0.15) is 0 Å². The number of nitrogens with one attached hydrogen (secondary N) is 1. The molecule has 6 heteroatoms. The van der Waals surface area contributed by atoms with E-state index < -0.39 is 0 Å². The van der Waals surface area contributed by atoms with Crippen LogP contribution in [0, 0.1) is 17.8 Å². The van der Waals surface area contributed by atoms with E-state index in [1.807, 2.05) is 29.2 Å². The second kappa shape index (κ2) is 7.34. The van der Waals surface area contributed by atoms with Crippen LogP contribution < -0.4 is 11.1 Å². The van der Waals surface area contributed by atoms with Crippen LogP contribution in [0.5, 0.6) is 0 Å². The molecule has 5 nitrogen and oxygen atoms in total. The van der Waals surface area contributed by atoms with Crippen molar-refractivity contribution >= 4 is 29.9 Å². The first-order chi connectivity index (χ1) is 11.6. The average molecular weight is 364 g/mol. The molecule has 1 aromatic carbocycles. The van der Waals surface area contributed by atoms with Crippen LogP contribution in [0.3, 0.4) is 0 Å². The lowest BCUT2D eigenvalue weighted by molar-refractivity contribution is -0.128. The van der Waals surface area contributed by atoms with E-state index in [9.17, 15) is 9.59 Å². The number of nitrogens with zero attached hydrogens (tertiary/aromatic N) is 1. The lowest BCUT2D eigenvalue weighted by atomic mass is 9.84. The number of fused-ring (bicyclic) bond motifs is 2. The SMILES string of the molecule is Cl.NC1C2CCC(C2)C1C(=O)Nc1ccc(CN2CCCC2=O)cc1. The highest BCUT2D eigenvalue weighted by molar-refractivity contribution is 5.93. The highest BCUT2D eigenvalue weighted by Gasteiger charge is 2.49. The van der Waals surface area contributed by atoms with Gasteiger partial charge >= 0.3 is 0 Å². The van der Waals surface area contributed by atoms with Gasteiger partial charge in [-0.25, -0.2) is 0 Å². The van der Waals surface area contributed by atoms with Crippen LogP contribution in [0.25, 0.3) is 0 Å². The summed E-state index contributed by atoms with van der Waals surface area (Å²) in [7, 11) is 0. The number of benzene rings is 1. The number of nitrogens with two attached hydrogens (primary N) is 1. The molecule has 1 aromatic rings. The van der Waals surface area contributed by atoms with E-state index in [0.717, 1.165) is 37.1 Å². The molecule has 2 saturated carbocycles. The topological polar surface area (TPSA) is 75.4 Å². The fourth-order valence-corrected chi connectivity index (χ4v) is 4.74. The minimum Gasteiger partial charge on any atom is -0.338 e. The summed E-state index contributed by atoms with van der Waals surface area (Å²) in [5, 5.41) is 3.03. The van der Waals surface area contributed by atoms with Crippen molar-refractivity contribution in [3.8, 4) is 0 Å². The van der Waals surface area contributed by atoms with E-state index in [0.29, 0.717) is 24.8 Å². The van der Waals surface area contributed by atoms with Gasteiger partial charge in [-0.3, -0.25) is 9.59 Å². The van der Waals surface area contributed by atoms with Gasteiger partial charge in [0.15, 0.2) is 0 Å². The molecule has 4 rings (SSSR count). The highest BCUT2D eigenvalue weighted by Crippen LogP contribution is 2.47.